The molecule has 0 bridgehead atoms. The third-order valence-electron chi connectivity index (χ3n) is 3.96. The van der Waals surface area contributed by atoms with E-state index in [2.05, 4.69) is 25.1 Å². The highest BCUT2D eigenvalue weighted by molar-refractivity contribution is 5.78. The Hall–Kier alpha value is -2.41. The number of rotatable bonds is 5. The van der Waals surface area contributed by atoms with Crippen molar-refractivity contribution >= 4 is 11.7 Å². The summed E-state index contributed by atoms with van der Waals surface area (Å²) in [6.07, 6.45) is 6.76. The minimum atomic E-state index is -0.113. The zero-order chi connectivity index (χ0) is 16.1. The van der Waals surface area contributed by atoms with Gasteiger partial charge in [0.15, 0.2) is 0 Å². The van der Waals surface area contributed by atoms with E-state index in [-0.39, 0.29) is 11.9 Å². The first kappa shape index (κ1) is 15.5. The highest BCUT2D eigenvalue weighted by Crippen LogP contribution is 2.13. The van der Waals surface area contributed by atoms with Crippen molar-refractivity contribution in [1.29, 1.82) is 0 Å². The van der Waals surface area contributed by atoms with Crippen LogP contribution in [0.15, 0.2) is 41.4 Å². The predicted octanol–water partition coefficient (Wildman–Crippen LogP) is 1.07. The molecule has 0 aliphatic carbocycles. The molecule has 2 aromatic heterocycles. The Bertz CT molecular complexity index is 609. The van der Waals surface area contributed by atoms with Crippen LogP contribution >= 0.6 is 0 Å². The van der Waals surface area contributed by atoms with Crippen molar-refractivity contribution in [2.45, 2.75) is 13.0 Å². The van der Waals surface area contributed by atoms with Crippen molar-refractivity contribution in [3.8, 4) is 0 Å². The fraction of sp³-hybridized carbons (Fsp3) is 0.438. The summed E-state index contributed by atoms with van der Waals surface area (Å²) in [7, 11) is 0. The summed E-state index contributed by atoms with van der Waals surface area (Å²) in [4.78, 5) is 24.9. The maximum absolute atomic E-state index is 12.1. The van der Waals surface area contributed by atoms with Crippen molar-refractivity contribution in [3.05, 3.63) is 42.7 Å². The molecule has 1 aliphatic rings. The Labute approximate surface area is 135 Å². The van der Waals surface area contributed by atoms with Gasteiger partial charge >= 0.3 is 0 Å². The topological polar surface area (TPSA) is 74.5 Å². The van der Waals surface area contributed by atoms with Crippen molar-refractivity contribution in [2.75, 3.05) is 37.6 Å². The van der Waals surface area contributed by atoms with Gasteiger partial charge in [-0.3, -0.25) is 14.7 Å². The van der Waals surface area contributed by atoms with Crippen LogP contribution in [0.4, 0.5) is 5.82 Å². The van der Waals surface area contributed by atoms with Crippen LogP contribution in [0.3, 0.4) is 0 Å². The Morgan fingerprint density at radius 3 is 2.83 bits per heavy atom. The van der Waals surface area contributed by atoms with Crippen LogP contribution < -0.4 is 10.2 Å². The summed E-state index contributed by atoms with van der Waals surface area (Å²) < 4.78 is 5.30. The quantitative estimate of drug-likeness (QED) is 0.889. The molecule has 0 unspecified atom stereocenters. The SMILES string of the molecule is C[C@@H](NC(=O)CN1CCN(c2cnccn2)CC1)c1ccco1. The molecule has 1 aliphatic heterocycles. The number of anilines is 1. The zero-order valence-electron chi connectivity index (χ0n) is 13.2. The standard InChI is InChI=1S/C16H21N5O2/c1-13(14-3-2-10-23-14)19-16(22)12-20-6-8-21(9-7-20)15-11-17-4-5-18-15/h2-5,10-11,13H,6-9,12H2,1H3,(H,19,22)/t13-/m1/s1. The molecule has 1 fully saturated rings. The second kappa shape index (κ2) is 7.23. The highest BCUT2D eigenvalue weighted by Gasteiger charge is 2.21. The summed E-state index contributed by atoms with van der Waals surface area (Å²) in [5, 5.41) is 2.96. The van der Waals surface area contributed by atoms with Gasteiger partial charge in [-0.2, -0.15) is 0 Å². The van der Waals surface area contributed by atoms with Gasteiger partial charge in [0.05, 0.1) is 25.0 Å². The third kappa shape index (κ3) is 4.07. The molecule has 3 rings (SSSR count). The van der Waals surface area contributed by atoms with E-state index in [4.69, 9.17) is 4.42 Å². The Morgan fingerprint density at radius 1 is 1.35 bits per heavy atom. The third-order valence-corrected chi connectivity index (χ3v) is 3.96. The number of aromatic nitrogens is 2. The number of hydrogen-bond donors (Lipinski definition) is 1. The van der Waals surface area contributed by atoms with E-state index in [0.717, 1.165) is 37.8 Å². The van der Waals surface area contributed by atoms with Gasteiger partial charge in [0.25, 0.3) is 0 Å². The first-order valence-corrected chi connectivity index (χ1v) is 7.78. The van der Waals surface area contributed by atoms with Crippen LogP contribution in [-0.2, 0) is 4.79 Å². The van der Waals surface area contributed by atoms with Gasteiger partial charge in [0.1, 0.15) is 11.6 Å². The fourth-order valence-corrected chi connectivity index (χ4v) is 2.69. The number of amides is 1. The molecule has 0 radical (unpaired) electrons. The molecule has 3 heterocycles. The van der Waals surface area contributed by atoms with E-state index < -0.39 is 0 Å². The maximum Gasteiger partial charge on any atom is 0.234 e. The van der Waals surface area contributed by atoms with Gasteiger partial charge in [-0.25, -0.2) is 4.98 Å². The Kier molecular flexibility index (Phi) is 4.87. The predicted molar refractivity (Wildman–Crippen MR) is 86.0 cm³/mol. The van der Waals surface area contributed by atoms with E-state index >= 15 is 0 Å². The monoisotopic (exact) mass is 315 g/mol. The molecule has 7 nitrogen and oxygen atoms in total. The molecule has 1 N–H and O–H groups in total. The largest absolute Gasteiger partial charge is 0.467 e. The summed E-state index contributed by atoms with van der Waals surface area (Å²) in [6.45, 7) is 5.68. The number of hydrogen-bond acceptors (Lipinski definition) is 6. The van der Waals surface area contributed by atoms with E-state index in [9.17, 15) is 4.79 Å². The lowest BCUT2D eigenvalue weighted by atomic mass is 10.2. The molecular formula is C16H21N5O2. The number of nitrogens with zero attached hydrogens (tertiary/aromatic N) is 4. The average Bonchev–Trinajstić information content (AvgIpc) is 3.11. The normalized spacial score (nSPS) is 17.0. The molecular weight excluding hydrogens is 294 g/mol. The fourth-order valence-electron chi connectivity index (χ4n) is 2.69. The molecule has 1 atom stereocenters. The summed E-state index contributed by atoms with van der Waals surface area (Å²) in [5.74, 6) is 1.68. The Balaban J connectivity index is 1.44. The van der Waals surface area contributed by atoms with Gasteiger partial charge in [-0.1, -0.05) is 0 Å². The minimum absolute atomic E-state index is 0.0156. The van der Waals surface area contributed by atoms with Crippen molar-refractivity contribution < 1.29 is 9.21 Å². The van der Waals surface area contributed by atoms with Gasteiger partial charge in [0, 0.05) is 38.6 Å². The van der Waals surface area contributed by atoms with E-state index in [1.54, 1.807) is 24.9 Å². The molecule has 2 aromatic rings. The number of furan rings is 1. The lowest BCUT2D eigenvalue weighted by molar-refractivity contribution is -0.123. The van der Waals surface area contributed by atoms with Crippen LogP contribution in [0.25, 0.3) is 0 Å². The zero-order valence-corrected chi connectivity index (χ0v) is 13.2. The molecule has 122 valence electrons. The van der Waals surface area contributed by atoms with E-state index in [1.165, 1.54) is 0 Å². The molecule has 7 heteroatoms. The second-order valence-corrected chi connectivity index (χ2v) is 5.63. The minimum Gasteiger partial charge on any atom is -0.467 e. The van der Waals surface area contributed by atoms with Crippen LogP contribution in [0.5, 0.6) is 0 Å². The molecule has 1 saturated heterocycles. The summed E-state index contributed by atoms with van der Waals surface area (Å²) >= 11 is 0. The highest BCUT2D eigenvalue weighted by atomic mass is 16.3. The van der Waals surface area contributed by atoms with Crippen LogP contribution in [0.2, 0.25) is 0 Å². The number of piperazine rings is 1. The average molecular weight is 315 g/mol. The number of carbonyl (C=O) groups excluding carboxylic acids is 1. The van der Waals surface area contributed by atoms with Gasteiger partial charge in [-0.15, -0.1) is 0 Å². The van der Waals surface area contributed by atoms with Crippen molar-refractivity contribution in [1.82, 2.24) is 20.2 Å². The second-order valence-electron chi connectivity index (χ2n) is 5.63. The summed E-state index contributed by atoms with van der Waals surface area (Å²) in [5.41, 5.74) is 0. The molecule has 23 heavy (non-hydrogen) atoms. The van der Waals surface area contributed by atoms with Crippen molar-refractivity contribution in [2.24, 2.45) is 0 Å². The number of carbonyl (C=O) groups is 1. The van der Waals surface area contributed by atoms with Crippen LogP contribution in [0, 0.1) is 0 Å². The molecule has 0 spiro atoms. The summed E-state index contributed by atoms with van der Waals surface area (Å²) in [6, 6.07) is 3.58. The van der Waals surface area contributed by atoms with E-state index in [1.807, 2.05) is 19.1 Å². The first-order chi connectivity index (χ1) is 11.2. The smallest absolute Gasteiger partial charge is 0.234 e. The van der Waals surface area contributed by atoms with Crippen LogP contribution in [-0.4, -0.2) is 53.5 Å². The molecule has 1 amide bonds. The van der Waals surface area contributed by atoms with Gasteiger partial charge < -0.3 is 14.6 Å². The van der Waals surface area contributed by atoms with E-state index in [0.29, 0.717) is 6.54 Å². The maximum atomic E-state index is 12.1. The molecule has 0 saturated carbocycles. The molecule has 0 aromatic carbocycles. The Morgan fingerprint density at radius 2 is 2.17 bits per heavy atom. The van der Waals surface area contributed by atoms with Crippen molar-refractivity contribution in [3.63, 3.8) is 0 Å². The van der Waals surface area contributed by atoms with Gasteiger partial charge in [0.2, 0.25) is 5.91 Å². The first-order valence-electron chi connectivity index (χ1n) is 7.78. The lowest BCUT2D eigenvalue weighted by Gasteiger charge is -2.34. The van der Waals surface area contributed by atoms with Gasteiger partial charge in [-0.05, 0) is 19.1 Å². The van der Waals surface area contributed by atoms with Crippen LogP contribution in [0.1, 0.15) is 18.7 Å². The number of nitrogens with one attached hydrogen (secondary N) is 1. The lowest BCUT2D eigenvalue weighted by Crippen LogP contribution is -2.49.